The molecule has 6 nitrogen and oxygen atoms in total. The maximum atomic E-state index is 12.9. The summed E-state index contributed by atoms with van der Waals surface area (Å²) in [4.78, 5) is 40.6. The number of urea groups is 1. The van der Waals surface area contributed by atoms with E-state index in [9.17, 15) is 14.4 Å². The fourth-order valence-electron chi connectivity index (χ4n) is 3.28. The average molecular weight is 410 g/mol. The Bertz CT molecular complexity index is 697. The highest BCUT2D eigenvalue weighted by molar-refractivity contribution is 9.10. The second-order valence-electron chi connectivity index (χ2n) is 6.91. The number of nitrogens with zero attached hydrogens (tertiary/aromatic N) is 2. The molecule has 0 aromatic heterocycles. The van der Waals surface area contributed by atoms with Gasteiger partial charge in [-0.3, -0.25) is 14.5 Å². The van der Waals surface area contributed by atoms with Gasteiger partial charge in [0.2, 0.25) is 5.91 Å². The topological polar surface area (TPSA) is 69.7 Å². The average Bonchev–Trinajstić information content (AvgIpc) is 2.71. The van der Waals surface area contributed by atoms with Crippen molar-refractivity contribution in [2.24, 2.45) is 0 Å². The predicted octanol–water partition coefficient (Wildman–Crippen LogP) is 2.86. The number of carbonyl (C=O) groups is 3. The fraction of sp³-hybridized carbons (Fsp3) is 0.500. The van der Waals surface area contributed by atoms with Crippen molar-refractivity contribution in [1.29, 1.82) is 0 Å². The van der Waals surface area contributed by atoms with Crippen molar-refractivity contribution in [3.8, 4) is 0 Å². The second-order valence-corrected chi connectivity index (χ2v) is 7.77. The number of carbonyl (C=O) groups excluding carboxylic acids is 3. The number of hydrogen-bond donors (Lipinski definition) is 1. The number of imide groups is 1. The molecular weight excluding hydrogens is 386 g/mol. The number of amides is 4. The number of halogens is 1. The largest absolute Gasteiger partial charge is 0.336 e. The third-order valence-corrected chi connectivity index (χ3v) is 5.07. The zero-order chi connectivity index (χ0) is 18.9. The van der Waals surface area contributed by atoms with E-state index in [1.165, 1.54) is 0 Å². The third kappa shape index (κ3) is 3.56. The predicted molar refractivity (Wildman–Crippen MR) is 98.9 cm³/mol. The third-order valence-electron chi connectivity index (χ3n) is 4.38. The monoisotopic (exact) mass is 409 g/mol. The van der Waals surface area contributed by atoms with Gasteiger partial charge in [0, 0.05) is 22.1 Å². The Balaban J connectivity index is 2.27. The Labute approximate surface area is 156 Å². The Morgan fingerprint density at radius 3 is 2.28 bits per heavy atom. The van der Waals surface area contributed by atoms with Crippen molar-refractivity contribution in [3.63, 3.8) is 0 Å². The molecule has 136 valence electrons. The lowest BCUT2D eigenvalue weighted by Gasteiger charge is -2.32. The van der Waals surface area contributed by atoms with Crippen LogP contribution in [0.5, 0.6) is 0 Å². The molecule has 1 aromatic rings. The first-order chi connectivity index (χ1) is 11.6. The van der Waals surface area contributed by atoms with Crippen LogP contribution in [-0.4, -0.2) is 46.3 Å². The lowest BCUT2D eigenvalue weighted by atomic mass is 9.92. The van der Waals surface area contributed by atoms with Crippen LogP contribution in [0.25, 0.3) is 0 Å². The van der Waals surface area contributed by atoms with Crippen molar-refractivity contribution < 1.29 is 14.4 Å². The highest BCUT2D eigenvalue weighted by Crippen LogP contribution is 2.33. The van der Waals surface area contributed by atoms with E-state index < -0.39 is 17.5 Å². The number of nitrogens with one attached hydrogen (secondary N) is 1. The molecule has 7 heteroatoms. The molecule has 0 saturated carbocycles. The van der Waals surface area contributed by atoms with Crippen LogP contribution in [0.15, 0.2) is 28.7 Å². The minimum Gasteiger partial charge on any atom is -0.336 e. The Morgan fingerprint density at radius 2 is 1.76 bits per heavy atom. The van der Waals surface area contributed by atoms with E-state index in [2.05, 4.69) is 21.2 Å². The minimum absolute atomic E-state index is 0.0112. The van der Waals surface area contributed by atoms with Crippen LogP contribution in [-0.2, 0) is 15.1 Å². The molecule has 1 aliphatic rings. The molecule has 1 saturated heterocycles. The first-order valence-corrected chi connectivity index (χ1v) is 9.09. The summed E-state index contributed by atoms with van der Waals surface area (Å²) in [5, 5.41) is 2.73. The molecule has 1 atom stereocenters. The normalized spacial score (nSPS) is 20.4. The van der Waals surface area contributed by atoms with E-state index in [0.717, 1.165) is 9.37 Å². The Kier molecular flexibility index (Phi) is 5.56. The molecule has 1 aromatic carbocycles. The number of hydrogen-bond acceptors (Lipinski definition) is 3. The summed E-state index contributed by atoms with van der Waals surface area (Å²) in [6.07, 6.45) is 0. The molecule has 0 bridgehead atoms. The molecule has 1 unspecified atom stereocenters. The van der Waals surface area contributed by atoms with Crippen LogP contribution in [0.2, 0.25) is 0 Å². The quantitative estimate of drug-likeness (QED) is 0.759. The van der Waals surface area contributed by atoms with Crippen molar-refractivity contribution in [3.05, 3.63) is 34.3 Å². The van der Waals surface area contributed by atoms with E-state index in [1.54, 1.807) is 24.0 Å². The van der Waals surface area contributed by atoms with Crippen LogP contribution >= 0.6 is 15.9 Å². The molecule has 25 heavy (non-hydrogen) atoms. The summed E-state index contributed by atoms with van der Waals surface area (Å²) < 4.78 is 0.727. The standard InChI is InChI=1S/C18H24BrN3O3/c1-11(2)22(12(3)4)15(23)10-21-16(24)18(5,20-17(21)25)13-8-6-7-9-14(13)19/h6-9,11-12H,10H2,1-5H3,(H,20,25). The van der Waals surface area contributed by atoms with Gasteiger partial charge in [-0.2, -0.15) is 0 Å². The smallest absolute Gasteiger partial charge is 0.325 e. The van der Waals surface area contributed by atoms with Gasteiger partial charge in [0.05, 0.1) is 0 Å². The maximum absolute atomic E-state index is 12.9. The van der Waals surface area contributed by atoms with Crippen LogP contribution < -0.4 is 5.32 Å². The number of benzene rings is 1. The van der Waals surface area contributed by atoms with Gasteiger partial charge in [0.25, 0.3) is 5.91 Å². The van der Waals surface area contributed by atoms with Crippen LogP contribution in [0, 0.1) is 0 Å². The van der Waals surface area contributed by atoms with Crippen molar-refractivity contribution in [2.75, 3.05) is 6.54 Å². The zero-order valence-electron chi connectivity index (χ0n) is 15.2. The molecule has 0 radical (unpaired) electrons. The van der Waals surface area contributed by atoms with Gasteiger partial charge in [-0.25, -0.2) is 4.79 Å². The van der Waals surface area contributed by atoms with Gasteiger partial charge in [-0.05, 0) is 40.7 Å². The highest BCUT2D eigenvalue weighted by atomic mass is 79.9. The van der Waals surface area contributed by atoms with Crippen LogP contribution in [0.1, 0.15) is 40.2 Å². The van der Waals surface area contributed by atoms with Crippen molar-refractivity contribution in [1.82, 2.24) is 15.1 Å². The Morgan fingerprint density at radius 1 is 1.20 bits per heavy atom. The lowest BCUT2D eigenvalue weighted by Crippen LogP contribution is -2.49. The summed E-state index contributed by atoms with van der Waals surface area (Å²) in [5.41, 5.74) is -0.536. The Hall–Kier alpha value is -1.89. The minimum atomic E-state index is -1.20. The van der Waals surface area contributed by atoms with E-state index in [1.807, 2.05) is 39.8 Å². The first-order valence-electron chi connectivity index (χ1n) is 8.30. The molecule has 1 N–H and O–H groups in total. The van der Waals surface area contributed by atoms with Gasteiger partial charge in [0.1, 0.15) is 12.1 Å². The van der Waals surface area contributed by atoms with Crippen molar-refractivity contribution in [2.45, 2.75) is 52.2 Å². The molecule has 0 aliphatic carbocycles. The van der Waals surface area contributed by atoms with Gasteiger partial charge in [-0.15, -0.1) is 0 Å². The molecule has 0 spiro atoms. The molecule has 2 rings (SSSR count). The maximum Gasteiger partial charge on any atom is 0.325 e. The highest BCUT2D eigenvalue weighted by Gasteiger charge is 2.50. The molecule has 4 amide bonds. The van der Waals surface area contributed by atoms with E-state index >= 15 is 0 Å². The molecule has 1 aliphatic heterocycles. The van der Waals surface area contributed by atoms with E-state index in [0.29, 0.717) is 5.56 Å². The number of rotatable bonds is 5. The van der Waals surface area contributed by atoms with Gasteiger partial charge < -0.3 is 10.2 Å². The van der Waals surface area contributed by atoms with E-state index in [4.69, 9.17) is 0 Å². The molecule has 1 heterocycles. The van der Waals surface area contributed by atoms with Gasteiger partial charge in [0.15, 0.2) is 0 Å². The fourth-order valence-corrected chi connectivity index (χ4v) is 3.96. The van der Waals surface area contributed by atoms with Crippen LogP contribution in [0.3, 0.4) is 0 Å². The second kappa shape index (κ2) is 7.15. The summed E-state index contributed by atoms with van der Waals surface area (Å²) in [5.74, 6) is -0.671. The zero-order valence-corrected chi connectivity index (χ0v) is 16.8. The van der Waals surface area contributed by atoms with Crippen LogP contribution in [0.4, 0.5) is 4.79 Å². The summed E-state index contributed by atoms with van der Waals surface area (Å²) >= 11 is 3.42. The summed E-state index contributed by atoms with van der Waals surface area (Å²) in [7, 11) is 0. The van der Waals surface area contributed by atoms with Gasteiger partial charge in [-0.1, -0.05) is 34.1 Å². The SMILES string of the molecule is CC(C)N(C(=O)CN1C(=O)NC(C)(c2ccccc2Br)C1=O)C(C)C. The molecule has 1 fully saturated rings. The summed E-state index contributed by atoms with van der Waals surface area (Å²) in [6, 6.07) is 6.66. The lowest BCUT2D eigenvalue weighted by molar-refractivity contribution is -0.141. The van der Waals surface area contributed by atoms with Crippen molar-refractivity contribution >= 4 is 33.8 Å². The van der Waals surface area contributed by atoms with E-state index in [-0.39, 0.29) is 24.5 Å². The summed E-state index contributed by atoms with van der Waals surface area (Å²) in [6.45, 7) is 9.04. The van der Waals surface area contributed by atoms with Gasteiger partial charge >= 0.3 is 6.03 Å². The first kappa shape index (κ1) is 19.4. The molecular formula is C18H24BrN3O3.